The molecule has 1 aromatic carbocycles. The zero-order chi connectivity index (χ0) is 17.8. The third-order valence-electron chi connectivity index (χ3n) is 3.33. The summed E-state index contributed by atoms with van der Waals surface area (Å²) in [5.74, 6) is 0.504. The lowest BCUT2D eigenvalue weighted by atomic mass is 10.2. The Morgan fingerprint density at radius 2 is 2.08 bits per heavy atom. The highest BCUT2D eigenvalue weighted by atomic mass is 32.1. The molecule has 3 rings (SSSR count). The Balaban J connectivity index is 1.57. The van der Waals surface area contributed by atoms with E-state index in [-0.39, 0.29) is 18.3 Å². The first-order valence-electron chi connectivity index (χ1n) is 7.51. The Labute approximate surface area is 147 Å². The zero-order valence-corrected chi connectivity index (χ0v) is 14.5. The van der Waals surface area contributed by atoms with Gasteiger partial charge < -0.3 is 14.7 Å². The number of hydrogen-bond donors (Lipinski definition) is 1. The molecule has 0 radical (unpaired) electrons. The summed E-state index contributed by atoms with van der Waals surface area (Å²) in [6.07, 6.45) is 0.566. The molecule has 0 saturated heterocycles. The van der Waals surface area contributed by atoms with E-state index in [9.17, 15) is 9.18 Å². The predicted molar refractivity (Wildman–Crippen MR) is 92.3 cm³/mol. The van der Waals surface area contributed by atoms with Crippen LogP contribution in [0.25, 0.3) is 0 Å². The number of likely N-dealkylation sites (N-methyl/N-ethyl adjacent to an activating group) is 1. The minimum atomic E-state index is -0.269. The van der Waals surface area contributed by atoms with Crippen LogP contribution in [-0.2, 0) is 11.2 Å². The van der Waals surface area contributed by atoms with Gasteiger partial charge in [-0.2, -0.15) is 0 Å². The Kier molecular flexibility index (Phi) is 5.03. The van der Waals surface area contributed by atoms with Gasteiger partial charge in [-0.05, 0) is 24.6 Å². The number of nitrogens with zero attached hydrogens (tertiary/aromatic N) is 4. The van der Waals surface area contributed by atoms with Gasteiger partial charge in [-0.15, -0.1) is 10.2 Å². The van der Waals surface area contributed by atoms with Crippen LogP contribution in [0.15, 0.2) is 34.9 Å². The molecule has 2 heterocycles. The lowest BCUT2D eigenvalue weighted by Gasteiger charge is -2.13. The Bertz CT molecular complexity index is 862. The second-order valence-electron chi connectivity index (χ2n) is 5.51. The summed E-state index contributed by atoms with van der Waals surface area (Å²) in [6.45, 7) is 1.86. The normalized spacial score (nSPS) is 10.7. The fourth-order valence-electron chi connectivity index (χ4n) is 2.14. The molecule has 0 spiro atoms. The van der Waals surface area contributed by atoms with Gasteiger partial charge in [0.25, 0.3) is 0 Å². The molecule has 0 unspecified atom stereocenters. The molecule has 7 nitrogen and oxygen atoms in total. The number of hydrogen-bond acceptors (Lipinski definition) is 7. The maximum absolute atomic E-state index is 12.9. The lowest BCUT2D eigenvalue weighted by Crippen LogP contribution is -2.30. The number of carbonyl (C=O) groups is 1. The van der Waals surface area contributed by atoms with E-state index in [1.165, 1.54) is 23.5 Å². The van der Waals surface area contributed by atoms with Gasteiger partial charge in [-0.3, -0.25) is 4.79 Å². The minimum absolute atomic E-state index is 0.108. The molecule has 130 valence electrons. The van der Waals surface area contributed by atoms with Crippen molar-refractivity contribution in [3.8, 4) is 0 Å². The summed E-state index contributed by atoms with van der Waals surface area (Å²) in [5.41, 5.74) is 0.950. The first-order valence-corrected chi connectivity index (χ1v) is 8.32. The molecule has 1 amide bonds. The number of carbonyl (C=O) groups excluding carboxylic acids is 1. The van der Waals surface area contributed by atoms with Crippen LogP contribution in [0.2, 0.25) is 0 Å². The van der Waals surface area contributed by atoms with Crippen LogP contribution in [0.5, 0.6) is 0 Å². The second-order valence-corrected chi connectivity index (χ2v) is 6.55. The molecule has 0 atom stereocenters. The average molecular weight is 361 g/mol. The van der Waals surface area contributed by atoms with Crippen molar-refractivity contribution in [3.05, 3.63) is 52.5 Å². The number of nitrogens with one attached hydrogen (secondary N) is 1. The maximum Gasteiger partial charge on any atom is 0.245 e. The average Bonchev–Trinajstić information content (AvgIpc) is 3.19. The van der Waals surface area contributed by atoms with E-state index in [1.807, 2.05) is 0 Å². The summed E-state index contributed by atoms with van der Waals surface area (Å²) >= 11 is 1.39. The first-order chi connectivity index (χ1) is 12.0. The van der Waals surface area contributed by atoms with Crippen LogP contribution in [0, 0.1) is 12.7 Å². The molecule has 3 aromatic rings. The molecule has 0 aliphatic heterocycles. The molecule has 2 aromatic heterocycles. The summed E-state index contributed by atoms with van der Waals surface area (Å²) in [4.78, 5) is 13.7. The number of benzene rings is 1. The fourth-order valence-corrected chi connectivity index (χ4v) is 2.97. The number of aryl methyl sites for hydroxylation is 1. The highest BCUT2D eigenvalue weighted by Crippen LogP contribution is 2.21. The topological polar surface area (TPSA) is 84.2 Å². The van der Waals surface area contributed by atoms with Crippen LogP contribution >= 0.6 is 11.3 Å². The Morgan fingerprint density at radius 3 is 2.76 bits per heavy atom. The van der Waals surface area contributed by atoms with E-state index < -0.39 is 0 Å². The van der Waals surface area contributed by atoms with Gasteiger partial charge in [0.1, 0.15) is 16.6 Å². The number of anilines is 2. The van der Waals surface area contributed by atoms with Crippen molar-refractivity contribution in [2.24, 2.45) is 0 Å². The van der Waals surface area contributed by atoms with Gasteiger partial charge in [0.2, 0.25) is 11.0 Å². The third kappa shape index (κ3) is 4.60. The Morgan fingerprint density at radius 1 is 1.32 bits per heavy atom. The summed E-state index contributed by atoms with van der Waals surface area (Å²) in [5, 5.41) is 16.0. The Hall–Kier alpha value is -2.81. The van der Waals surface area contributed by atoms with Crippen molar-refractivity contribution in [1.82, 2.24) is 15.4 Å². The maximum atomic E-state index is 12.9. The van der Waals surface area contributed by atoms with Gasteiger partial charge in [0, 0.05) is 19.5 Å². The second kappa shape index (κ2) is 7.39. The molecule has 25 heavy (non-hydrogen) atoms. The minimum Gasteiger partial charge on any atom is -0.360 e. The van der Waals surface area contributed by atoms with Crippen LogP contribution < -0.4 is 10.2 Å². The standard InChI is InChI=1S/C16H16FN5O2S/c1-10-7-13(21-24-10)18-14(23)9-22(2)16-20-19-15(25-16)8-11-3-5-12(17)6-4-11/h3-7H,8-9H2,1-2H3,(H,18,21,23). The van der Waals surface area contributed by atoms with Crippen LogP contribution in [0.1, 0.15) is 16.3 Å². The van der Waals surface area contributed by atoms with E-state index >= 15 is 0 Å². The van der Waals surface area contributed by atoms with E-state index in [4.69, 9.17) is 4.52 Å². The van der Waals surface area contributed by atoms with Gasteiger partial charge in [0.15, 0.2) is 5.82 Å². The van der Waals surface area contributed by atoms with E-state index in [0.717, 1.165) is 10.6 Å². The van der Waals surface area contributed by atoms with Gasteiger partial charge in [-0.25, -0.2) is 4.39 Å². The third-order valence-corrected chi connectivity index (χ3v) is 4.37. The number of aromatic nitrogens is 3. The molecule has 0 fully saturated rings. The first kappa shape index (κ1) is 17.0. The number of rotatable bonds is 6. The van der Waals surface area contributed by atoms with Crippen molar-refractivity contribution in [2.75, 3.05) is 23.8 Å². The quantitative estimate of drug-likeness (QED) is 0.727. The summed E-state index contributed by atoms with van der Waals surface area (Å²) in [6, 6.07) is 7.91. The zero-order valence-electron chi connectivity index (χ0n) is 13.7. The van der Waals surface area contributed by atoms with E-state index in [2.05, 4.69) is 20.7 Å². The van der Waals surface area contributed by atoms with Gasteiger partial charge >= 0.3 is 0 Å². The number of halogens is 1. The highest BCUT2D eigenvalue weighted by molar-refractivity contribution is 7.15. The van der Waals surface area contributed by atoms with Crippen LogP contribution in [0.3, 0.4) is 0 Å². The van der Waals surface area contributed by atoms with Crippen molar-refractivity contribution in [2.45, 2.75) is 13.3 Å². The van der Waals surface area contributed by atoms with E-state index in [0.29, 0.717) is 23.1 Å². The van der Waals surface area contributed by atoms with Crippen molar-refractivity contribution < 1.29 is 13.7 Å². The predicted octanol–water partition coefficient (Wildman–Crippen LogP) is 2.64. The van der Waals surface area contributed by atoms with Crippen molar-refractivity contribution >= 4 is 28.2 Å². The molecular weight excluding hydrogens is 345 g/mol. The molecule has 0 saturated carbocycles. The van der Waals surface area contributed by atoms with Crippen LogP contribution in [-0.4, -0.2) is 34.9 Å². The van der Waals surface area contributed by atoms with Crippen LogP contribution in [0.4, 0.5) is 15.3 Å². The molecular formula is C16H16FN5O2S. The smallest absolute Gasteiger partial charge is 0.245 e. The molecule has 9 heteroatoms. The van der Waals surface area contributed by atoms with Crippen molar-refractivity contribution in [3.63, 3.8) is 0 Å². The lowest BCUT2D eigenvalue weighted by molar-refractivity contribution is -0.115. The monoisotopic (exact) mass is 361 g/mol. The molecule has 0 aliphatic carbocycles. The fraction of sp³-hybridized carbons (Fsp3) is 0.250. The molecule has 0 bridgehead atoms. The number of amides is 1. The largest absolute Gasteiger partial charge is 0.360 e. The SMILES string of the molecule is Cc1cc(NC(=O)CN(C)c2nnc(Cc3ccc(F)cc3)s2)no1. The van der Waals surface area contributed by atoms with Gasteiger partial charge in [-0.1, -0.05) is 28.6 Å². The van der Waals surface area contributed by atoms with Gasteiger partial charge in [0.05, 0.1) is 6.54 Å². The van der Waals surface area contributed by atoms with Crippen molar-refractivity contribution in [1.29, 1.82) is 0 Å². The highest BCUT2D eigenvalue weighted by Gasteiger charge is 2.14. The van der Waals surface area contributed by atoms with E-state index in [1.54, 1.807) is 37.1 Å². The molecule has 0 aliphatic rings. The molecule has 1 N–H and O–H groups in total. The summed E-state index contributed by atoms with van der Waals surface area (Å²) < 4.78 is 17.8. The summed E-state index contributed by atoms with van der Waals surface area (Å²) in [7, 11) is 1.76.